The van der Waals surface area contributed by atoms with E-state index in [0.717, 1.165) is 48.2 Å². The van der Waals surface area contributed by atoms with Crippen LogP contribution in [0.15, 0.2) is 52.4 Å². The van der Waals surface area contributed by atoms with Gasteiger partial charge in [-0.2, -0.15) is 16.3 Å². The summed E-state index contributed by atoms with van der Waals surface area (Å²) < 4.78 is 0.923. The van der Waals surface area contributed by atoms with Crippen LogP contribution in [0, 0.1) is 13.8 Å². The Bertz CT molecular complexity index is 1310. The fourth-order valence-electron chi connectivity index (χ4n) is 5.02. The van der Waals surface area contributed by atoms with Crippen LogP contribution in [0.1, 0.15) is 53.4 Å². The lowest BCUT2D eigenvalue weighted by Crippen LogP contribution is -2.49. The molecule has 208 valence electrons. The number of hydrogen-bond acceptors (Lipinski definition) is 6. The van der Waals surface area contributed by atoms with E-state index in [1.165, 1.54) is 12.4 Å². The van der Waals surface area contributed by atoms with E-state index < -0.39 is 0 Å². The van der Waals surface area contributed by atoms with Crippen LogP contribution >= 0.6 is 22.9 Å². The third-order valence-corrected chi connectivity index (χ3v) is 8.13. The van der Waals surface area contributed by atoms with Gasteiger partial charge in [-0.25, -0.2) is 14.5 Å². The Morgan fingerprint density at radius 3 is 2.62 bits per heavy atom. The summed E-state index contributed by atoms with van der Waals surface area (Å²) in [5, 5.41) is 17.5. The SMILES string of the molecule is Cc1cc(Cl)nc(C)c1C(=O)NCC[C@@H](C)N1CCC(N(Cc2ccsc2)C(=O)N=c2ccn(O)cc2)CC1. The Morgan fingerprint density at radius 2 is 1.97 bits per heavy atom. The lowest BCUT2D eigenvalue weighted by Gasteiger charge is -2.40. The number of aryl methyl sites for hydroxylation is 2. The molecule has 1 aliphatic heterocycles. The lowest BCUT2D eigenvalue weighted by atomic mass is 10.0. The van der Waals surface area contributed by atoms with Crippen LogP contribution in [0.25, 0.3) is 0 Å². The van der Waals surface area contributed by atoms with Crippen molar-refractivity contribution in [2.75, 3.05) is 19.6 Å². The normalized spacial score (nSPS) is 15.1. The summed E-state index contributed by atoms with van der Waals surface area (Å²) in [6, 6.07) is 7.06. The maximum Gasteiger partial charge on any atom is 0.344 e. The lowest BCUT2D eigenvalue weighted by molar-refractivity contribution is 0.0914. The summed E-state index contributed by atoms with van der Waals surface area (Å²) in [7, 11) is 0. The molecule has 0 saturated carbocycles. The molecule has 0 radical (unpaired) electrons. The largest absolute Gasteiger partial charge is 0.429 e. The average Bonchev–Trinajstić information content (AvgIpc) is 3.41. The molecular formula is C28H35ClN6O3S. The van der Waals surface area contributed by atoms with Crippen molar-refractivity contribution in [3.8, 4) is 0 Å². The van der Waals surface area contributed by atoms with Crippen LogP contribution < -0.4 is 10.7 Å². The van der Waals surface area contributed by atoms with Crippen molar-refractivity contribution in [1.82, 2.24) is 24.8 Å². The molecule has 3 aromatic heterocycles. The highest BCUT2D eigenvalue weighted by Crippen LogP contribution is 2.23. The van der Waals surface area contributed by atoms with Crippen LogP contribution in [0.2, 0.25) is 5.15 Å². The number of hydrogen-bond donors (Lipinski definition) is 2. The molecule has 0 aliphatic carbocycles. The number of thiophene rings is 1. The number of pyridine rings is 2. The molecule has 1 saturated heterocycles. The number of nitrogens with zero attached hydrogens (tertiary/aromatic N) is 5. The monoisotopic (exact) mass is 570 g/mol. The molecule has 3 amide bonds. The Balaban J connectivity index is 1.32. The number of carbonyl (C=O) groups is 2. The highest BCUT2D eigenvalue weighted by atomic mass is 35.5. The zero-order valence-electron chi connectivity index (χ0n) is 22.5. The molecule has 0 unspecified atom stereocenters. The van der Waals surface area contributed by atoms with Gasteiger partial charge in [0.15, 0.2) is 0 Å². The van der Waals surface area contributed by atoms with Gasteiger partial charge in [-0.1, -0.05) is 11.6 Å². The minimum Gasteiger partial charge on any atom is -0.429 e. The van der Waals surface area contributed by atoms with Gasteiger partial charge < -0.3 is 20.3 Å². The number of urea groups is 1. The second kappa shape index (κ2) is 13.2. The summed E-state index contributed by atoms with van der Waals surface area (Å²) >= 11 is 7.61. The van der Waals surface area contributed by atoms with Crippen molar-refractivity contribution in [3.63, 3.8) is 0 Å². The summed E-state index contributed by atoms with van der Waals surface area (Å²) in [4.78, 5) is 38.8. The molecular weight excluding hydrogens is 536 g/mol. The molecule has 4 rings (SSSR count). The molecule has 9 nitrogen and oxygen atoms in total. The first kappa shape index (κ1) is 28.8. The van der Waals surface area contributed by atoms with Crippen LogP contribution in [0.5, 0.6) is 0 Å². The van der Waals surface area contributed by atoms with E-state index >= 15 is 0 Å². The number of nitrogens with one attached hydrogen (secondary N) is 1. The first-order valence-corrected chi connectivity index (χ1v) is 14.4. The number of rotatable bonds is 8. The molecule has 0 bridgehead atoms. The Labute approximate surface area is 237 Å². The maximum atomic E-state index is 13.3. The standard InChI is InChI=1S/C28H35ClN6O3S/c1-19-16-25(29)31-21(3)26(19)27(36)30-10-4-20(2)33-11-7-24(8-12-33)35(17-22-9-15-39-18-22)28(37)32-23-5-13-34(38)14-6-23/h5-6,9,13-16,18,20,24,38H,4,7-8,10-12,17H2,1-3H3,(H,30,36)/t20-/m1/s1. The Morgan fingerprint density at radius 1 is 1.26 bits per heavy atom. The molecule has 11 heteroatoms. The number of piperidine rings is 1. The van der Waals surface area contributed by atoms with Crippen LogP contribution in [-0.4, -0.2) is 68.4 Å². The van der Waals surface area contributed by atoms with Crippen molar-refractivity contribution in [3.05, 3.63) is 80.3 Å². The number of carbonyl (C=O) groups excluding carboxylic acids is 2. The summed E-state index contributed by atoms with van der Waals surface area (Å²) in [6.07, 6.45) is 5.42. The third-order valence-electron chi connectivity index (χ3n) is 7.20. The summed E-state index contributed by atoms with van der Waals surface area (Å²) in [6.45, 7) is 8.65. The first-order valence-electron chi connectivity index (χ1n) is 13.1. The second-order valence-electron chi connectivity index (χ2n) is 9.97. The van der Waals surface area contributed by atoms with Gasteiger partial charge in [0.25, 0.3) is 5.91 Å². The number of likely N-dealkylation sites (tertiary alicyclic amines) is 1. The van der Waals surface area contributed by atoms with Crippen molar-refractivity contribution in [2.45, 2.75) is 58.7 Å². The molecule has 1 atom stereocenters. The smallest absolute Gasteiger partial charge is 0.344 e. The maximum absolute atomic E-state index is 13.3. The predicted molar refractivity (Wildman–Crippen MR) is 152 cm³/mol. The number of amides is 3. The van der Waals surface area contributed by atoms with Crippen LogP contribution in [0.4, 0.5) is 4.79 Å². The van der Waals surface area contributed by atoms with Crippen LogP contribution in [0.3, 0.4) is 0 Å². The van der Waals surface area contributed by atoms with Crippen molar-refractivity contribution in [2.24, 2.45) is 4.99 Å². The fraction of sp³-hybridized carbons (Fsp3) is 0.429. The van der Waals surface area contributed by atoms with E-state index in [-0.39, 0.29) is 24.0 Å². The zero-order valence-corrected chi connectivity index (χ0v) is 24.1. The quantitative estimate of drug-likeness (QED) is 0.303. The molecule has 2 N–H and O–H groups in total. The highest BCUT2D eigenvalue weighted by Gasteiger charge is 2.29. The molecule has 4 heterocycles. The molecule has 1 aliphatic rings. The molecule has 39 heavy (non-hydrogen) atoms. The van der Waals surface area contributed by atoms with Crippen LogP contribution in [-0.2, 0) is 6.54 Å². The second-order valence-corrected chi connectivity index (χ2v) is 11.1. The zero-order chi connectivity index (χ0) is 27.9. The van der Waals surface area contributed by atoms with Gasteiger partial charge in [-0.3, -0.25) is 4.79 Å². The molecule has 0 aromatic carbocycles. The third kappa shape index (κ3) is 7.68. The van der Waals surface area contributed by atoms with E-state index in [0.29, 0.717) is 34.9 Å². The predicted octanol–water partition coefficient (Wildman–Crippen LogP) is 4.65. The molecule has 3 aromatic rings. The van der Waals surface area contributed by atoms with Gasteiger partial charge in [0, 0.05) is 50.7 Å². The van der Waals surface area contributed by atoms with Crippen molar-refractivity contribution < 1.29 is 14.8 Å². The Hall–Kier alpha value is -3.21. The number of aromatic nitrogens is 2. The minimum atomic E-state index is -0.270. The van der Waals surface area contributed by atoms with Gasteiger partial charge in [0.05, 0.1) is 16.6 Å². The van der Waals surface area contributed by atoms with Gasteiger partial charge in [0.2, 0.25) is 0 Å². The Kier molecular flexibility index (Phi) is 9.77. The van der Waals surface area contributed by atoms with E-state index in [9.17, 15) is 14.8 Å². The van der Waals surface area contributed by atoms with Gasteiger partial charge in [0.1, 0.15) is 5.15 Å². The molecule has 1 fully saturated rings. The first-order chi connectivity index (χ1) is 18.7. The highest BCUT2D eigenvalue weighted by molar-refractivity contribution is 7.07. The molecule has 0 spiro atoms. The minimum absolute atomic E-state index is 0.0825. The average molecular weight is 571 g/mol. The van der Waals surface area contributed by atoms with E-state index in [1.54, 1.807) is 36.5 Å². The van der Waals surface area contributed by atoms with Gasteiger partial charge in [-0.15, -0.1) is 0 Å². The summed E-state index contributed by atoms with van der Waals surface area (Å²) in [5.74, 6) is -0.126. The van der Waals surface area contributed by atoms with Crippen molar-refractivity contribution in [1.29, 1.82) is 0 Å². The van der Waals surface area contributed by atoms with Gasteiger partial charge in [-0.05, 0) is 86.2 Å². The fourth-order valence-corrected chi connectivity index (χ4v) is 5.97. The summed E-state index contributed by atoms with van der Waals surface area (Å²) in [5.41, 5.74) is 3.13. The topological polar surface area (TPSA) is 103 Å². The van der Waals surface area contributed by atoms with E-state index in [1.807, 2.05) is 23.3 Å². The van der Waals surface area contributed by atoms with E-state index in [2.05, 4.69) is 32.5 Å². The van der Waals surface area contributed by atoms with Gasteiger partial charge >= 0.3 is 6.03 Å². The van der Waals surface area contributed by atoms with E-state index in [4.69, 9.17) is 11.6 Å². The van der Waals surface area contributed by atoms with Crippen molar-refractivity contribution >= 4 is 34.9 Å². The number of halogens is 1.